The van der Waals surface area contributed by atoms with Crippen LogP contribution in [-0.2, 0) is 26.5 Å². The van der Waals surface area contributed by atoms with Gasteiger partial charge in [-0.2, -0.15) is 0 Å². The number of rotatable bonds is 6. The van der Waals surface area contributed by atoms with Gasteiger partial charge in [-0.05, 0) is 49.1 Å². The van der Waals surface area contributed by atoms with Crippen molar-refractivity contribution < 1.29 is 26.3 Å². The van der Waals surface area contributed by atoms with Crippen molar-refractivity contribution in [2.24, 2.45) is 0 Å². The minimum Gasteiger partial charge on any atom is -0.486 e. The Morgan fingerprint density at radius 2 is 1.77 bits per heavy atom. The van der Waals surface area contributed by atoms with Crippen molar-refractivity contribution in [2.45, 2.75) is 31.1 Å². The molecule has 0 aromatic heterocycles. The normalized spacial score (nSPS) is 16.1. The Morgan fingerprint density at radius 1 is 1.00 bits per heavy atom. The Labute approximate surface area is 176 Å². The van der Waals surface area contributed by atoms with Gasteiger partial charge in [-0.15, -0.1) is 0 Å². The molecule has 0 bridgehead atoms. The molecule has 2 aromatic rings. The van der Waals surface area contributed by atoms with Gasteiger partial charge in [0.2, 0.25) is 10.0 Å². The summed E-state index contributed by atoms with van der Waals surface area (Å²) in [4.78, 5) is 0.0416. The number of nitrogens with zero attached hydrogens (tertiary/aromatic N) is 1. The number of fused-ring (bicyclic) bond motifs is 2. The molecule has 0 saturated carbocycles. The number of anilines is 2. The first-order chi connectivity index (χ1) is 14.3. The van der Waals surface area contributed by atoms with Crippen LogP contribution in [0.1, 0.15) is 25.3 Å². The van der Waals surface area contributed by atoms with E-state index in [-0.39, 0.29) is 10.6 Å². The van der Waals surface area contributed by atoms with Gasteiger partial charge in [0.05, 0.1) is 22.0 Å². The summed E-state index contributed by atoms with van der Waals surface area (Å²) >= 11 is 0. The maximum Gasteiger partial charge on any atom is 0.262 e. The predicted molar refractivity (Wildman–Crippen MR) is 114 cm³/mol. The van der Waals surface area contributed by atoms with Crippen molar-refractivity contribution in [1.29, 1.82) is 0 Å². The topological polar surface area (TPSA) is 102 Å². The highest BCUT2D eigenvalue weighted by atomic mass is 32.2. The first kappa shape index (κ1) is 20.8. The maximum atomic E-state index is 12.9. The molecule has 1 N–H and O–H groups in total. The summed E-state index contributed by atoms with van der Waals surface area (Å²) in [6.07, 6.45) is 2.01. The summed E-state index contributed by atoms with van der Waals surface area (Å²) in [5, 5.41) is 0. The molecule has 0 amide bonds. The fourth-order valence-electron chi connectivity index (χ4n) is 3.67. The van der Waals surface area contributed by atoms with Crippen molar-refractivity contribution in [3.63, 3.8) is 0 Å². The predicted octanol–water partition coefficient (Wildman–Crippen LogP) is 2.75. The lowest BCUT2D eigenvalue weighted by molar-refractivity contribution is 0.171. The van der Waals surface area contributed by atoms with E-state index >= 15 is 0 Å². The van der Waals surface area contributed by atoms with Gasteiger partial charge in [0.1, 0.15) is 13.2 Å². The Morgan fingerprint density at radius 3 is 2.53 bits per heavy atom. The van der Waals surface area contributed by atoms with E-state index in [4.69, 9.17) is 9.47 Å². The second-order valence-corrected chi connectivity index (χ2v) is 10.9. The zero-order valence-corrected chi connectivity index (χ0v) is 18.3. The molecule has 4 rings (SSSR count). The van der Waals surface area contributed by atoms with Crippen LogP contribution < -0.4 is 18.5 Å². The van der Waals surface area contributed by atoms with Gasteiger partial charge in [-0.1, -0.05) is 13.0 Å². The van der Waals surface area contributed by atoms with Gasteiger partial charge in [0.15, 0.2) is 11.5 Å². The van der Waals surface area contributed by atoms with Crippen LogP contribution in [-0.4, -0.2) is 42.3 Å². The third-order valence-electron chi connectivity index (χ3n) is 5.04. The third-order valence-corrected chi connectivity index (χ3v) is 8.39. The zero-order valence-electron chi connectivity index (χ0n) is 16.6. The number of hydrogen-bond acceptors (Lipinski definition) is 6. The SMILES string of the molecule is CCCS(=O)(=O)N1CCCc2ccc(NS(=O)(=O)c3ccc4c(c3)OCCO4)cc21. The molecule has 2 aromatic carbocycles. The molecule has 10 heteroatoms. The minimum atomic E-state index is -3.89. The molecule has 30 heavy (non-hydrogen) atoms. The Kier molecular flexibility index (Phi) is 5.54. The van der Waals surface area contributed by atoms with E-state index in [9.17, 15) is 16.8 Å². The Bertz CT molecular complexity index is 1160. The van der Waals surface area contributed by atoms with Crippen molar-refractivity contribution in [3.8, 4) is 11.5 Å². The Hall–Kier alpha value is -2.46. The van der Waals surface area contributed by atoms with Gasteiger partial charge in [0, 0.05) is 12.6 Å². The molecule has 2 aliphatic heterocycles. The van der Waals surface area contributed by atoms with Crippen LogP contribution in [0.25, 0.3) is 0 Å². The third kappa shape index (κ3) is 4.06. The minimum absolute atomic E-state index is 0.0416. The molecule has 0 aliphatic carbocycles. The quantitative estimate of drug-likeness (QED) is 0.723. The molecule has 0 unspecified atom stereocenters. The maximum absolute atomic E-state index is 12.9. The van der Waals surface area contributed by atoms with E-state index in [1.165, 1.54) is 16.4 Å². The smallest absolute Gasteiger partial charge is 0.262 e. The number of nitrogens with one attached hydrogen (secondary N) is 1. The molecular formula is C20H24N2O6S2. The standard InChI is InChI=1S/C20H24N2O6S2/c1-2-12-29(23,24)22-9-3-4-15-5-6-16(13-18(15)22)21-30(25,26)17-7-8-19-20(14-17)28-11-10-27-19/h5-8,13-14,21H,2-4,9-12H2,1H3. The lowest BCUT2D eigenvalue weighted by Crippen LogP contribution is -2.37. The number of sulfonamides is 2. The summed E-state index contributed by atoms with van der Waals surface area (Å²) < 4.78 is 66.0. The molecule has 2 heterocycles. The average molecular weight is 453 g/mol. The average Bonchev–Trinajstić information content (AvgIpc) is 2.72. The summed E-state index contributed by atoms with van der Waals surface area (Å²) in [7, 11) is -7.33. The molecule has 0 radical (unpaired) electrons. The molecule has 8 nitrogen and oxygen atoms in total. The van der Waals surface area contributed by atoms with Gasteiger partial charge in [0.25, 0.3) is 10.0 Å². The number of ether oxygens (including phenoxy) is 2. The zero-order chi connectivity index (χ0) is 21.4. The van der Waals surface area contributed by atoms with Crippen LogP contribution in [0.5, 0.6) is 11.5 Å². The summed E-state index contributed by atoms with van der Waals surface area (Å²) in [5.74, 6) is 0.941. The molecule has 0 spiro atoms. The summed E-state index contributed by atoms with van der Waals surface area (Å²) in [5.41, 5.74) is 1.74. The van der Waals surface area contributed by atoms with Crippen LogP contribution in [0.15, 0.2) is 41.3 Å². The van der Waals surface area contributed by atoms with Gasteiger partial charge in [-0.25, -0.2) is 16.8 Å². The second kappa shape index (κ2) is 7.99. The highest BCUT2D eigenvalue weighted by Crippen LogP contribution is 2.35. The van der Waals surface area contributed by atoms with Crippen LogP contribution in [0.4, 0.5) is 11.4 Å². The van der Waals surface area contributed by atoms with Gasteiger partial charge >= 0.3 is 0 Å². The number of aryl methyl sites for hydroxylation is 1. The largest absolute Gasteiger partial charge is 0.486 e. The fourth-order valence-corrected chi connectivity index (χ4v) is 6.34. The van der Waals surface area contributed by atoms with Crippen LogP contribution in [0.2, 0.25) is 0 Å². The van der Waals surface area contributed by atoms with E-state index in [0.29, 0.717) is 49.1 Å². The summed E-state index contributed by atoms with van der Waals surface area (Å²) in [6, 6.07) is 9.47. The fraction of sp³-hybridized carbons (Fsp3) is 0.400. The number of benzene rings is 2. The molecule has 0 fully saturated rings. The van der Waals surface area contributed by atoms with Crippen molar-refractivity contribution in [1.82, 2.24) is 0 Å². The van der Waals surface area contributed by atoms with Gasteiger partial charge < -0.3 is 9.47 Å². The van der Waals surface area contributed by atoms with E-state index in [2.05, 4.69) is 4.72 Å². The number of hydrogen-bond donors (Lipinski definition) is 1. The lowest BCUT2D eigenvalue weighted by atomic mass is 10.0. The van der Waals surface area contributed by atoms with Crippen molar-refractivity contribution in [2.75, 3.05) is 34.5 Å². The van der Waals surface area contributed by atoms with Crippen LogP contribution in [0.3, 0.4) is 0 Å². The van der Waals surface area contributed by atoms with Crippen molar-refractivity contribution >= 4 is 31.4 Å². The first-order valence-corrected chi connectivity index (χ1v) is 13.0. The Balaban J connectivity index is 1.64. The molecule has 2 aliphatic rings. The highest BCUT2D eigenvalue weighted by Gasteiger charge is 2.28. The molecule has 162 valence electrons. The van der Waals surface area contributed by atoms with Gasteiger partial charge in [-0.3, -0.25) is 9.03 Å². The van der Waals surface area contributed by atoms with Crippen LogP contribution >= 0.6 is 0 Å². The second-order valence-electron chi connectivity index (χ2n) is 7.25. The summed E-state index contributed by atoms with van der Waals surface area (Å²) in [6.45, 7) is 2.99. The highest BCUT2D eigenvalue weighted by molar-refractivity contribution is 7.93. The lowest BCUT2D eigenvalue weighted by Gasteiger charge is -2.31. The molecular weight excluding hydrogens is 428 g/mol. The van der Waals surface area contributed by atoms with E-state index in [1.807, 2.05) is 6.92 Å². The first-order valence-electron chi connectivity index (χ1n) is 9.86. The van der Waals surface area contributed by atoms with E-state index in [0.717, 1.165) is 18.4 Å². The molecule has 0 atom stereocenters. The van der Waals surface area contributed by atoms with Crippen LogP contribution in [0, 0.1) is 0 Å². The van der Waals surface area contributed by atoms with E-state index < -0.39 is 20.0 Å². The molecule has 0 saturated heterocycles. The van der Waals surface area contributed by atoms with Crippen molar-refractivity contribution in [3.05, 3.63) is 42.0 Å². The monoisotopic (exact) mass is 452 g/mol. The van der Waals surface area contributed by atoms with E-state index in [1.54, 1.807) is 24.3 Å².